The Morgan fingerprint density at radius 3 is 2.80 bits per heavy atom. The SMILES string of the molecule is CO[C@@H](C)C(=O)N(C)c1cccc(Br)n1. The predicted molar refractivity (Wildman–Crippen MR) is 61.8 cm³/mol. The average molecular weight is 273 g/mol. The summed E-state index contributed by atoms with van der Waals surface area (Å²) in [5.74, 6) is 0.473. The Morgan fingerprint density at radius 1 is 1.60 bits per heavy atom. The molecule has 0 bridgehead atoms. The van der Waals surface area contributed by atoms with Crippen molar-refractivity contribution in [1.82, 2.24) is 4.98 Å². The number of carbonyl (C=O) groups excluding carboxylic acids is 1. The minimum atomic E-state index is -0.462. The van der Waals surface area contributed by atoms with Crippen LogP contribution in [0.25, 0.3) is 0 Å². The van der Waals surface area contributed by atoms with Gasteiger partial charge < -0.3 is 4.74 Å². The lowest BCUT2D eigenvalue weighted by Crippen LogP contribution is -2.36. The number of aromatic nitrogens is 1. The van der Waals surface area contributed by atoms with Crippen LogP contribution in [0.2, 0.25) is 0 Å². The van der Waals surface area contributed by atoms with Gasteiger partial charge in [-0.05, 0) is 35.0 Å². The molecule has 0 fully saturated rings. The summed E-state index contributed by atoms with van der Waals surface area (Å²) in [6.07, 6.45) is -0.462. The van der Waals surface area contributed by atoms with E-state index in [2.05, 4.69) is 20.9 Å². The molecule has 1 amide bonds. The zero-order chi connectivity index (χ0) is 11.4. The van der Waals surface area contributed by atoms with E-state index in [9.17, 15) is 4.79 Å². The van der Waals surface area contributed by atoms with Gasteiger partial charge in [0.05, 0.1) is 0 Å². The van der Waals surface area contributed by atoms with Crippen LogP contribution in [0.1, 0.15) is 6.92 Å². The molecule has 0 N–H and O–H groups in total. The number of amides is 1. The molecule has 0 aromatic carbocycles. The maximum atomic E-state index is 11.7. The molecule has 0 radical (unpaired) electrons. The Hall–Kier alpha value is -0.940. The zero-order valence-electron chi connectivity index (χ0n) is 8.90. The number of carbonyl (C=O) groups is 1. The van der Waals surface area contributed by atoms with Gasteiger partial charge in [0.2, 0.25) is 0 Å². The van der Waals surface area contributed by atoms with Crippen molar-refractivity contribution >= 4 is 27.7 Å². The first kappa shape index (κ1) is 12.1. The van der Waals surface area contributed by atoms with Gasteiger partial charge in [0.1, 0.15) is 16.5 Å². The topological polar surface area (TPSA) is 42.4 Å². The molecule has 0 spiro atoms. The molecule has 0 saturated carbocycles. The molecular formula is C10H13BrN2O2. The summed E-state index contributed by atoms with van der Waals surface area (Å²) in [5.41, 5.74) is 0. The quantitative estimate of drug-likeness (QED) is 0.789. The maximum Gasteiger partial charge on any atom is 0.256 e. The number of nitrogens with zero attached hydrogens (tertiary/aromatic N) is 2. The van der Waals surface area contributed by atoms with E-state index in [1.807, 2.05) is 12.1 Å². The average Bonchev–Trinajstić information content (AvgIpc) is 2.26. The van der Waals surface area contributed by atoms with Crippen LogP contribution in [0.15, 0.2) is 22.8 Å². The Kier molecular flexibility index (Phi) is 4.23. The number of rotatable bonds is 3. The molecule has 0 aliphatic rings. The van der Waals surface area contributed by atoms with E-state index < -0.39 is 6.10 Å². The van der Waals surface area contributed by atoms with Crippen LogP contribution in [0.5, 0.6) is 0 Å². The lowest BCUT2D eigenvalue weighted by Gasteiger charge is -2.19. The van der Waals surface area contributed by atoms with Gasteiger partial charge >= 0.3 is 0 Å². The van der Waals surface area contributed by atoms with Gasteiger partial charge in [0.15, 0.2) is 0 Å². The largest absolute Gasteiger partial charge is 0.372 e. The fraction of sp³-hybridized carbons (Fsp3) is 0.400. The first-order valence-corrected chi connectivity index (χ1v) is 5.28. The van der Waals surface area contributed by atoms with Crippen molar-refractivity contribution in [1.29, 1.82) is 0 Å². The summed E-state index contributed by atoms with van der Waals surface area (Å²) in [5, 5.41) is 0. The fourth-order valence-electron chi connectivity index (χ4n) is 1.07. The molecule has 1 atom stereocenters. The first-order chi connectivity index (χ1) is 7.06. The summed E-state index contributed by atoms with van der Waals surface area (Å²) in [6, 6.07) is 5.40. The van der Waals surface area contributed by atoms with Crippen LogP contribution in [0.3, 0.4) is 0 Å². The number of methoxy groups -OCH3 is 1. The molecule has 0 unspecified atom stereocenters. The number of hydrogen-bond donors (Lipinski definition) is 0. The molecule has 0 saturated heterocycles. The Bertz CT molecular complexity index is 357. The van der Waals surface area contributed by atoms with Gasteiger partial charge in [0, 0.05) is 14.2 Å². The van der Waals surface area contributed by atoms with Crippen molar-refractivity contribution in [3.05, 3.63) is 22.8 Å². The molecule has 15 heavy (non-hydrogen) atoms. The van der Waals surface area contributed by atoms with Gasteiger partial charge in [-0.25, -0.2) is 4.98 Å². The standard InChI is InChI=1S/C10H13BrN2O2/c1-7(15-3)10(14)13(2)9-6-4-5-8(11)12-9/h4-7H,1-3H3/t7-/m0/s1. The van der Waals surface area contributed by atoms with Crippen molar-refractivity contribution in [2.75, 3.05) is 19.1 Å². The highest BCUT2D eigenvalue weighted by atomic mass is 79.9. The third-order valence-electron chi connectivity index (χ3n) is 2.08. The lowest BCUT2D eigenvalue weighted by molar-refractivity contribution is -0.127. The van der Waals surface area contributed by atoms with Crippen LogP contribution in [0.4, 0.5) is 5.82 Å². The highest BCUT2D eigenvalue weighted by Gasteiger charge is 2.18. The highest BCUT2D eigenvalue weighted by molar-refractivity contribution is 9.10. The van der Waals surface area contributed by atoms with Crippen LogP contribution in [0, 0.1) is 0 Å². The summed E-state index contributed by atoms with van der Waals surface area (Å²) in [7, 11) is 3.18. The first-order valence-electron chi connectivity index (χ1n) is 4.49. The van der Waals surface area contributed by atoms with E-state index in [4.69, 9.17) is 4.74 Å². The van der Waals surface area contributed by atoms with E-state index in [0.29, 0.717) is 10.4 Å². The molecule has 0 aliphatic heterocycles. The zero-order valence-corrected chi connectivity index (χ0v) is 10.5. The molecule has 1 aromatic rings. The second-order valence-corrected chi connectivity index (χ2v) is 3.91. The Balaban J connectivity index is 2.85. The molecule has 82 valence electrons. The van der Waals surface area contributed by atoms with Gasteiger partial charge in [-0.1, -0.05) is 6.07 Å². The molecule has 1 heterocycles. The number of pyridine rings is 1. The molecule has 1 rings (SSSR count). The van der Waals surface area contributed by atoms with Crippen molar-refractivity contribution in [2.24, 2.45) is 0 Å². The summed E-state index contributed by atoms with van der Waals surface area (Å²) >= 11 is 3.25. The number of likely N-dealkylation sites (N-methyl/N-ethyl adjacent to an activating group) is 1. The molecule has 4 nitrogen and oxygen atoms in total. The molecule has 5 heteroatoms. The molecule has 1 aromatic heterocycles. The molecule has 0 aliphatic carbocycles. The normalized spacial score (nSPS) is 12.3. The Morgan fingerprint density at radius 2 is 2.27 bits per heavy atom. The van der Waals surface area contributed by atoms with Crippen molar-refractivity contribution in [3.63, 3.8) is 0 Å². The van der Waals surface area contributed by atoms with Crippen molar-refractivity contribution in [3.8, 4) is 0 Å². The van der Waals surface area contributed by atoms with Crippen LogP contribution in [-0.2, 0) is 9.53 Å². The monoisotopic (exact) mass is 272 g/mol. The van der Waals surface area contributed by atoms with Gasteiger partial charge in [-0.15, -0.1) is 0 Å². The van der Waals surface area contributed by atoms with Gasteiger partial charge in [0.25, 0.3) is 5.91 Å². The lowest BCUT2D eigenvalue weighted by atomic mass is 10.3. The number of ether oxygens (including phenoxy) is 1. The van der Waals surface area contributed by atoms with Crippen LogP contribution >= 0.6 is 15.9 Å². The third kappa shape index (κ3) is 3.00. The van der Waals surface area contributed by atoms with Gasteiger partial charge in [-0.3, -0.25) is 9.69 Å². The number of anilines is 1. The number of hydrogen-bond acceptors (Lipinski definition) is 3. The van der Waals surface area contributed by atoms with E-state index in [1.54, 1.807) is 20.0 Å². The van der Waals surface area contributed by atoms with E-state index in [-0.39, 0.29) is 5.91 Å². The minimum Gasteiger partial charge on any atom is -0.372 e. The Labute approximate surface area is 97.4 Å². The highest BCUT2D eigenvalue weighted by Crippen LogP contribution is 2.14. The summed E-state index contributed by atoms with van der Waals surface area (Å²) < 4.78 is 5.65. The van der Waals surface area contributed by atoms with Crippen LogP contribution in [-0.4, -0.2) is 31.2 Å². The third-order valence-corrected chi connectivity index (χ3v) is 2.52. The number of halogens is 1. The van der Waals surface area contributed by atoms with E-state index >= 15 is 0 Å². The second kappa shape index (κ2) is 5.23. The van der Waals surface area contributed by atoms with Gasteiger partial charge in [-0.2, -0.15) is 0 Å². The van der Waals surface area contributed by atoms with Crippen LogP contribution < -0.4 is 4.90 Å². The minimum absolute atomic E-state index is 0.122. The van der Waals surface area contributed by atoms with Crippen molar-refractivity contribution in [2.45, 2.75) is 13.0 Å². The fourth-order valence-corrected chi connectivity index (χ4v) is 1.41. The summed E-state index contributed by atoms with van der Waals surface area (Å²) in [4.78, 5) is 17.4. The van der Waals surface area contributed by atoms with E-state index in [0.717, 1.165) is 0 Å². The van der Waals surface area contributed by atoms with Crippen molar-refractivity contribution < 1.29 is 9.53 Å². The summed E-state index contributed by atoms with van der Waals surface area (Å²) in [6.45, 7) is 1.71. The second-order valence-electron chi connectivity index (χ2n) is 3.09. The van der Waals surface area contributed by atoms with E-state index in [1.165, 1.54) is 12.0 Å². The predicted octanol–water partition coefficient (Wildman–Crippen LogP) is 1.84. The molecular weight excluding hydrogens is 260 g/mol. The smallest absolute Gasteiger partial charge is 0.256 e. The maximum absolute atomic E-state index is 11.7.